The lowest BCUT2D eigenvalue weighted by Gasteiger charge is -2.12. The molecule has 3 aromatic rings. The predicted octanol–water partition coefficient (Wildman–Crippen LogP) is 4.49. The van der Waals surface area contributed by atoms with Gasteiger partial charge in [0.25, 0.3) is 0 Å². The van der Waals surface area contributed by atoms with Gasteiger partial charge in [-0.25, -0.2) is 4.79 Å². The number of rotatable bonds is 5. The lowest BCUT2D eigenvalue weighted by molar-refractivity contribution is 0.187. The van der Waals surface area contributed by atoms with E-state index in [2.05, 4.69) is 21.5 Å². The number of amides is 1. The van der Waals surface area contributed by atoms with Crippen molar-refractivity contribution in [3.8, 4) is 17.0 Å². The molecule has 6 nitrogen and oxygen atoms in total. The molecule has 0 spiro atoms. The zero-order valence-corrected chi connectivity index (χ0v) is 15.2. The number of hydrogen-bond donors (Lipinski definition) is 2. The number of anilines is 2. The summed E-state index contributed by atoms with van der Waals surface area (Å²) in [6, 6.07) is 13.5. The molecule has 0 saturated carbocycles. The molecule has 6 heteroatoms. The van der Waals surface area contributed by atoms with Crippen LogP contribution in [0, 0.1) is 0 Å². The number of nitrogens with two attached hydrogens (primary N) is 1. The van der Waals surface area contributed by atoms with Crippen LogP contribution in [0.4, 0.5) is 16.2 Å². The number of carbonyl (C=O) groups excluding carboxylic acids is 1. The predicted molar refractivity (Wildman–Crippen MR) is 105 cm³/mol. The highest BCUT2D eigenvalue weighted by molar-refractivity contribution is 6.01. The molecule has 1 aromatic heterocycles. The number of nitrogen functional groups attached to an aromatic ring is 1. The van der Waals surface area contributed by atoms with Gasteiger partial charge in [-0.1, -0.05) is 19.1 Å². The van der Waals surface area contributed by atoms with E-state index in [0.717, 1.165) is 46.6 Å². The summed E-state index contributed by atoms with van der Waals surface area (Å²) in [7, 11) is 2.99. The number of fused-ring (bicyclic) bond motifs is 1. The highest BCUT2D eigenvalue weighted by Crippen LogP contribution is 2.38. The fourth-order valence-electron chi connectivity index (χ4n) is 3.13. The van der Waals surface area contributed by atoms with E-state index in [1.165, 1.54) is 7.11 Å². The molecule has 0 unspecified atom stereocenters. The van der Waals surface area contributed by atoms with Gasteiger partial charge in [-0.05, 0) is 30.7 Å². The summed E-state index contributed by atoms with van der Waals surface area (Å²) < 4.78 is 12.2. The smallest absolute Gasteiger partial charge is 0.411 e. The van der Waals surface area contributed by atoms with Gasteiger partial charge in [0, 0.05) is 29.2 Å². The monoisotopic (exact) mass is 353 g/mol. The maximum absolute atomic E-state index is 11.3. The first kappa shape index (κ1) is 17.7. The highest BCUT2D eigenvalue weighted by atomic mass is 16.5. The molecule has 0 aliphatic rings. The molecule has 2 aromatic carbocycles. The van der Waals surface area contributed by atoms with E-state index in [0.29, 0.717) is 5.69 Å². The van der Waals surface area contributed by atoms with Crippen LogP contribution in [0.2, 0.25) is 0 Å². The van der Waals surface area contributed by atoms with Crippen molar-refractivity contribution < 1.29 is 14.3 Å². The number of methoxy groups -OCH3 is 2. The average molecular weight is 353 g/mol. The van der Waals surface area contributed by atoms with Gasteiger partial charge in [-0.2, -0.15) is 0 Å². The van der Waals surface area contributed by atoms with Crippen LogP contribution in [0.1, 0.15) is 13.3 Å². The Kier molecular flexibility index (Phi) is 5.02. The standard InChI is InChI=1S/C20H23N3O3/c1-4-11-23-17-12-15(25-2)9-10-16(17)18(21)19(23)13-5-7-14(8-6-13)22-20(24)26-3/h5-10,12H,4,11,21H2,1-3H3,(H,22,24). The van der Waals surface area contributed by atoms with Gasteiger partial charge in [0.2, 0.25) is 0 Å². The van der Waals surface area contributed by atoms with E-state index in [9.17, 15) is 4.79 Å². The third-order valence-corrected chi connectivity index (χ3v) is 4.35. The Morgan fingerprint density at radius 3 is 2.50 bits per heavy atom. The van der Waals surface area contributed by atoms with Crippen LogP contribution >= 0.6 is 0 Å². The zero-order chi connectivity index (χ0) is 18.7. The number of carbonyl (C=O) groups is 1. The second kappa shape index (κ2) is 7.39. The fourth-order valence-corrected chi connectivity index (χ4v) is 3.13. The molecule has 0 radical (unpaired) electrons. The third-order valence-electron chi connectivity index (χ3n) is 4.35. The van der Waals surface area contributed by atoms with Crippen molar-refractivity contribution in [2.45, 2.75) is 19.9 Å². The van der Waals surface area contributed by atoms with Gasteiger partial charge in [0.15, 0.2) is 0 Å². The molecule has 0 aliphatic heterocycles. The quantitative estimate of drug-likeness (QED) is 0.708. The summed E-state index contributed by atoms with van der Waals surface area (Å²) in [5.41, 5.74) is 10.9. The number of benzene rings is 2. The molecule has 0 atom stereocenters. The Bertz CT molecular complexity index is 930. The van der Waals surface area contributed by atoms with Gasteiger partial charge in [-0.15, -0.1) is 0 Å². The van der Waals surface area contributed by atoms with Gasteiger partial charge < -0.3 is 19.8 Å². The molecule has 0 saturated heterocycles. The highest BCUT2D eigenvalue weighted by Gasteiger charge is 2.17. The number of nitrogens with one attached hydrogen (secondary N) is 1. The molecule has 1 amide bonds. The van der Waals surface area contributed by atoms with Crippen LogP contribution in [0.3, 0.4) is 0 Å². The summed E-state index contributed by atoms with van der Waals surface area (Å²) in [6.07, 6.45) is 0.486. The van der Waals surface area contributed by atoms with Gasteiger partial charge in [-0.3, -0.25) is 5.32 Å². The minimum Gasteiger partial charge on any atom is -0.497 e. The summed E-state index contributed by atoms with van der Waals surface area (Å²) in [4.78, 5) is 11.3. The molecule has 0 bridgehead atoms. The summed E-state index contributed by atoms with van der Waals surface area (Å²) in [6.45, 7) is 2.98. The molecule has 1 heterocycles. The Morgan fingerprint density at radius 2 is 1.88 bits per heavy atom. The molecular weight excluding hydrogens is 330 g/mol. The van der Waals surface area contributed by atoms with E-state index in [-0.39, 0.29) is 0 Å². The van der Waals surface area contributed by atoms with Crippen LogP contribution in [-0.2, 0) is 11.3 Å². The first-order valence-corrected chi connectivity index (χ1v) is 8.50. The van der Waals surface area contributed by atoms with Crippen molar-refractivity contribution in [2.75, 3.05) is 25.3 Å². The Balaban J connectivity index is 2.10. The van der Waals surface area contributed by atoms with E-state index in [4.69, 9.17) is 10.5 Å². The van der Waals surface area contributed by atoms with Crippen LogP contribution in [0.15, 0.2) is 42.5 Å². The van der Waals surface area contributed by atoms with Crippen molar-refractivity contribution in [1.29, 1.82) is 0 Å². The van der Waals surface area contributed by atoms with Crippen molar-refractivity contribution in [3.05, 3.63) is 42.5 Å². The molecule has 0 fully saturated rings. The number of nitrogens with zero attached hydrogens (tertiary/aromatic N) is 1. The maximum atomic E-state index is 11.3. The number of hydrogen-bond acceptors (Lipinski definition) is 4. The summed E-state index contributed by atoms with van der Waals surface area (Å²) in [5.74, 6) is 0.802. The second-order valence-corrected chi connectivity index (χ2v) is 5.99. The third kappa shape index (κ3) is 3.18. The molecular formula is C20H23N3O3. The SMILES string of the molecule is CCCn1c(-c2ccc(NC(=O)OC)cc2)c(N)c2ccc(OC)cc21. The number of aryl methyl sites for hydroxylation is 1. The molecule has 0 aliphatic carbocycles. The largest absolute Gasteiger partial charge is 0.497 e. The Morgan fingerprint density at radius 1 is 1.15 bits per heavy atom. The lowest BCUT2D eigenvalue weighted by Crippen LogP contribution is -2.10. The number of ether oxygens (including phenoxy) is 2. The maximum Gasteiger partial charge on any atom is 0.411 e. The van der Waals surface area contributed by atoms with Crippen LogP contribution in [0.25, 0.3) is 22.2 Å². The molecule has 3 rings (SSSR count). The van der Waals surface area contributed by atoms with E-state index < -0.39 is 6.09 Å². The average Bonchev–Trinajstić information content (AvgIpc) is 2.94. The second-order valence-electron chi connectivity index (χ2n) is 5.99. The van der Waals surface area contributed by atoms with E-state index in [1.54, 1.807) is 7.11 Å². The minimum atomic E-state index is -0.496. The van der Waals surface area contributed by atoms with Gasteiger partial charge >= 0.3 is 6.09 Å². The summed E-state index contributed by atoms with van der Waals surface area (Å²) >= 11 is 0. The van der Waals surface area contributed by atoms with Crippen molar-refractivity contribution in [2.24, 2.45) is 0 Å². The lowest BCUT2D eigenvalue weighted by atomic mass is 10.1. The Hall–Kier alpha value is -3.15. The van der Waals surface area contributed by atoms with Gasteiger partial charge in [0.1, 0.15) is 5.75 Å². The number of aromatic nitrogens is 1. The van der Waals surface area contributed by atoms with E-state index in [1.807, 2.05) is 42.5 Å². The van der Waals surface area contributed by atoms with Crippen molar-refractivity contribution in [1.82, 2.24) is 4.57 Å². The molecule has 136 valence electrons. The van der Waals surface area contributed by atoms with Crippen molar-refractivity contribution in [3.63, 3.8) is 0 Å². The minimum absolute atomic E-state index is 0.496. The molecule has 3 N–H and O–H groups in total. The normalized spacial score (nSPS) is 10.7. The zero-order valence-electron chi connectivity index (χ0n) is 15.2. The van der Waals surface area contributed by atoms with Crippen molar-refractivity contribution >= 4 is 28.4 Å². The van der Waals surface area contributed by atoms with E-state index >= 15 is 0 Å². The summed E-state index contributed by atoms with van der Waals surface area (Å²) in [5, 5.41) is 3.66. The van der Waals surface area contributed by atoms with Crippen LogP contribution in [0.5, 0.6) is 5.75 Å². The fraction of sp³-hybridized carbons (Fsp3) is 0.250. The van der Waals surface area contributed by atoms with Crippen LogP contribution < -0.4 is 15.8 Å². The first-order valence-electron chi connectivity index (χ1n) is 8.50. The Labute approximate surface area is 152 Å². The van der Waals surface area contributed by atoms with Gasteiger partial charge in [0.05, 0.1) is 31.1 Å². The van der Waals surface area contributed by atoms with Crippen LogP contribution in [-0.4, -0.2) is 24.9 Å². The first-order chi connectivity index (χ1) is 12.6. The topological polar surface area (TPSA) is 78.5 Å². The molecule has 26 heavy (non-hydrogen) atoms.